The van der Waals surface area contributed by atoms with Crippen LogP contribution >= 0.6 is 23.0 Å². The van der Waals surface area contributed by atoms with E-state index in [-0.39, 0.29) is 17.6 Å². The predicted molar refractivity (Wildman–Crippen MR) is 138 cm³/mol. The summed E-state index contributed by atoms with van der Waals surface area (Å²) < 4.78 is 11.0. The van der Waals surface area contributed by atoms with E-state index in [4.69, 9.17) is 13.5 Å². The third-order valence-electron chi connectivity index (χ3n) is 6.22. The van der Waals surface area contributed by atoms with Gasteiger partial charge in [-0.15, -0.1) is 0 Å². The van der Waals surface area contributed by atoms with Crippen molar-refractivity contribution >= 4 is 46.1 Å². The Morgan fingerprint density at radius 1 is 1.24 bits per heavy atom. The lowest BCUT2D eigenvalue weighted by Crippen LogP contribution is -2.36. The Morgan fingerprint density at radius 3 is 2.91 bits per heavy atom. The summed E-state index contributed by atoms with van der Waals surface area (Å²) >= 11 is 1.97. The molecule has 1 atom stereocenters. The maximum atomic E-state index is 13.2. The van der Waals surface area contributed by atoms with Gasteiger partial charge in [-0.3, -0.25) is 9.78 Å². The topological polar surface area (TPSA) is 115 Å². The fourth-order valence-corrected chi connectivity index (χ4v) is 5.00. The molecule has 1 amide bonds. The third-order valence-corrected chi connectivity index (χ3v) is 6.83. The Labute approximate surface area is 211 Å². The zero-order valence-electron chi connectivity index (χ0n) is 18.5. The SMILES string of the molecule is Nc1ncc(-c2ccc3c(c2)CCCC3OI)nc1C(=O)Nc1cnccc1N1CCOCC1. The Bertz CT molecular complexity index is 1200. The molecule has 2 aromatic heterocycles. The molecule has 34 heavy (non-hydrogen) atoms. The van der Waals surface area contributed by atoms with Crippen molar-refractivity contribution in [1.29, 1.82) is 0 Å². The number of rotatable bonds is 5. The summed E-state index contributed by atoms with van der Waals surface area (Å²) in [6, 6.07) is 8.06. The number of nitrogens with two attached hydrogens (primary N) is 1. The summed E-state index contributed by atoms with van der Waals surface area (Å²) in [5.74, 6) is -0.347. The van der Waals surface area contributed by atoms with E-state index in [2.05, 4.69) is 37.3 Å². The van der Waals surface area contributed by atoms with Crippen molar-refractivity contribution in [1.82, 2.24) is 15.0 Å². The molecule has 0 bridgehead atoms. The number of hydrogen-bond donors (Lipinski definition) is 2. The zero-order valence-corrected chi connectivity index (χ0v) is 20.7. The number of morpholine rings is 1. The van der Waals surface area contributed by atoms with Crippen molar-refractivity contribution in [3.8, 4) is 11.3 Å². The first-order valence-corrected chi connectivity index (χ1v) is 12.1. The Morgan fingerprint density at radius 2 is 2.09 bits per heavy atom. The number of ether oxygens (including phenoxy) is 1. The highest BCUT2D eigenvalue weighted by Crippen LogP contribution is 2.36. The molecule has 2 aliphatic rings. The largest absolute Gasteiger partial charge is 0.382 e. The predicted octanol–water partition coefficient (Wildman–Crippen LogP) is 3.95. The summed E-state index contributed by atoms with van der Waals surface area (Å²) in [6.07, 6.45) is 8.12. The van der Waals surface area contributed by atoms with Gasteiger partial charge in [0.2, 0.25) is 0 Å². The first-order chi connectivity index (χ1) is 16.6. The second-order valence-electron chi connectivity index (χ2n) is 8.32. The highest BCUT2D eigenvalue weighted by Gasteiger charge is 2.23. The molecule has 0 radical (unpaired) electrons. The second-order valence-corrected chi connectivity index (χ2v) is 8.83. The van der Waals surface area contributed by atoms with Crippen molar-refractivity contribution < 1.29 is 12.6 Å². The van der Waals surface area contributed by atoms with E-state index in [1.165, 1.54) is 11.1 Å². The number of halogens is 1. The van der Waals surface area contributed by atoms with Gasteiger partial charge in [0.05, 0.1) is 48.8 Å². The molecule has 10 heteroatoms. The van der Waals surface area contributed by atoms with Gasteiger partial charge in [0.1, 0.15) is 23.0 Å². The van der Waals surface area contributed by atoms with Crippen LogP contribution in [0, 0.1) is 0 Å². The van der Waals surface area contributed by atoms with E-state index in [9.17, 15) is 4.79 Å². The molecule has 1 aliphatic heterocycles. The van der Waals surface area contributed by atoms with Crippen molar-refractivity contribution in [3.05, 3.63) is 59.7 Å². The van der Waals surface area contributed by atoms with Gasteiger partial charge >= 0.3 is 0 Å². The van der Waals surface area contributed by atoms with Gasteiger partial charge < -0.3 is 23.8 Å². The molecule has 1 aromatic carbocycles. The fraction of sp³-hybridized carbons (Fsp3) is 0.333. The van der Waals surface area contributed by atoms with Gasteiger partial charge in [-0.1, -0.05) is 12.1 Å². The molecular weight excluding hydrogens is 547 g/mol. The summed E-state index contributed by atoms with van der Waals surface area (Å²) in [5.41, 5.74) is 11.6. The number of nitrogens with zero attached hydrogens (tertiary/aromatic N) is 4. The second kappa shape index (κ2) is 10.2. The number of aromatic nitrogens is 3. The van der Waals surface area contributed by atoms with Crippen LogP contribution in [0.25, 0.3) is 11.3 Å². The summed E-state index contributed by atoms with van der Waals surface area (Å²) in [4.78, 5) is 28.4. The van der Waals surface area contributed by atoms with Gasteiger partial charge in [-0.25, -0.2) is 9.97 Å². The van der Waals surface area contributed by atoms with Gasteiger partial charge in [-0.2, -0.15) is 0 Å². The number of aryl methyl sites for hydroxylation is 1. The average Bonchev–Trinajstić information content (AvgIpc) is 2.89. The van der Waals surface area contributed by atoms with Crippen molar-refractivity contribution in [2.45, 2.75) is 25.4 Å². The third kappa shape index (κ3) is 4.70. The summed E-state index contributed by atoms with van der Waals surface area (Å²) in [7, 11) is 0. The minimum atomic E-state index is -0.425. The number of pyridine rings is 1. The maximum Gasteiger partial charge on any atom is 0.278 e. The first-order valence-electron chi connectivity index (χ1n) is 11.2. The molecule has 1 unspecified atom stereocenters. The number of benzene rings is 1. The number of nitrogens with one attached hydrogen (secondary N) is 1. The van der Waals surface area contributed by atoms with E-state index >= 15 is 0 Å². The standard InChI is InChI=1S/C24H25IN6O3/c25-34-21-3-1-2-15-12-16(4-5-17(15)21)18-14-28-23(26)22(29-18)24(32)30-19-13-27-7-6-20(19)31-8-10-33-11-9-31/h4-7,12-14,21H,1-3,8-11H2,(H2,26,28)(H,30,32). The highest BCUT2D eigenvalue weighted by molar-refractivity contribution is 14.1. The van der Waals surface area contributed by atoms with Crippen molar-refractivity contribution in [3.63, 3.8) is 0 Å². The molecule has 0 saturated carbocycles. The molecule has 1 fully saturated rings. The monoisotopic (exact) mass is 572 g/mol. The van der Waals surface area contributed by atoms with Crippen LogP contribution < -0.4 is 16.0 Å². The van der Waals surface area contributed by atoms with Crippen LogP contribution in [0.4, 0.5) is 17.2 Å². The molecule has 3 N–H and O–H groups in total. The number of amides is 1. The smallest absolute Gasteiger partial charge is 0.278 e. The minimum absolute atomic E-state index is 0.0781. The molecule has 176 valence electrons. The maximum absolute atomic E-state index is 13.2. The van der Waals surface area contributed by atoms with Crippen LogP contribution in [-0.4, -0.2) is 47.2 Å². The molecule has 1 saturated heterocycles. The van der Waals surface area contributed by atoms with Gasteiger partial charge in [-0.05, 0) is 42.5 Å². The van der Waals surface area contributed by atoms with Crippen LogP contribution in [0.3, 0.4) is 0 Å². The molecule has 5 rings (SSSR count). The molecule has 9 nitrogen and oxygen atoms in total. The number of hydrogen-bond acceptors (Lipinski definition) is 8. The number of anilines is 3. The quantitative estimate of drug-likeness (QED) is 0.442. The lowest BCUT2D eigenvalue weighted by atomic mass is 9.88. The number of fused-ring (bicyclic) bond motifs is 1. The van der Waals surface area contributed by atoms with Crippen molar-refractivity contribution in [2.24, 2.45) is 0 Å². The van der Waals surface area contributed by atoms with Crippen LogP contribution in [-0.2, 0) is 14.2 Å². The van der Waals surface area contributed by atoms with Gasteiger partial charge in [0, 0.05) is 24.8 Å². The lowest BCUT2D eigenvalue weighted by molar-refractivity contribution is 0.102. The Hall–Kier alpha value is -2.83. The molecule has 3 heterocycles. The number of carbonyl (C=O) groups is 1. The van der Waals surface area contributed by atoms with Crippen LogP contribution in [0.15, 0.2) is 42.9 Å². The highest BCUT2D eigenvalue weighted by atomic mass is 127. The van der Waals surface area contributed by atoms with E-state index < -0.39 is 5.91 Å². The lowest BCUT2D eigenvalue weighted by Gasteiger charge is -2.30. The van der Waals surface area contributed by atoms with E-state index in [1.807, 2.05) is 35.1 Å². The van der Waals surface area contributed by atoms with Gasteiger partial charge in [0.25, 0.3) is 5.91 Å². The van der Waals surface area contributed by atoms with E-state index in [0.29, 0.717) is 24.6 Å². The molecule has 3 aromatic rings. The number of nitrogen functional groups attached to an aromatic ring is 1. The fourth-order valence-electron chi connectivity index (χ4n) is 4.47. The van der Waals surface area contributed by atoms with E-state index in [1.54, 1.807) is 18.6 Å². The van der Waals surface area contributed by atoms with Crippen LogP contribution in [0.2, 0.25) is 0 Å². The molecule has 1 aliphatic carbocycles. The molecule has 0 spiro atoms. The first kappa shape index (κ1) is 22.9. The van der Waals surface area contributed by atoms with Crippen LogP contribution in [0.5, 0.6) is 0 Å². The zero-order chi connectivity index (χ0) is 23.5. The van der Waals surface area contributed by atoms with Crippen LogP contribution in [0.1, 0.15) is 40.6 Å². The number of carbonyl (C=O) groups excluding carboxylic acids is 1. The summed E-state index contributed by atoms with van der Waals surface area (Å²) in [6.45, 7) is 2.77. The Kier molecular flexibility index (Phi) is 6.88. The van der Waals surface area contributed by atoms with Crippen molar-refractivity contribution in [2.75, 3.05) is 42.3 Å². The Balaban J connectivity index is 1.41. The average molecular weight is 572 g/mol. The van der Waals surface area contributed by atoms with E-state index in [0.717, 1.165) is 43.6 Å². The molecular formula is C24H25IN6O3. The normalized spacial score (nSPS) is 17.8. The minimum Gasteiger partial charge on any atom is -0.382 e. The summed E-state index contributed by atoms with van der Waals surface area (Å²) in [5, 5.41) is 2.92. The van der Waals surface area contributed by atoms with Gasteiger partial charge in [0.15, 0.2) is 11.5 Å².